The molecule has 0 aliphatic carbocycles. The quantitative estimate of drug-likeness (QED) is 0.765. The minimum atomic E-state index is -0.433. The lowest BCUT2D eigenvalue weighted by molar-refractivity contribution is -0.116. The van der Waals surface area contributed by atoms with Crippen LogP contribution in [-0.4, -0.2) is 36.4 Å². The molecular formula is C15H13N7O. The van der Waals surface area contributed by atoms with Crippen LogP contribution in [0.5, 0.6) is 0 Å². The Kier molecular flexibility index (Phi) is 2.04. The van der Waals surface area contributed by atoms with Gasteiger partial charge >= 0.3 is 0 Å². The number of rotatable bonds is 2. The molecule has 1 amide bonds. The maximum absolute atomic E-state index is 12.1. The highest BCUT2D eigenvalue weighted by Gasteiger charge is 2.53. The molecule has 0 spiro atoms. The summed E-state index contributed by atoms with van der Waals surface area (Å²) in [6.07, 6.45) is 7.07. The van der Waals surface area contributed by atoms with Crippen molar-refractivity contribution in [1.29, 1.82) is 0 Å². The van der Waals surface area contributed by atoms with E-state index in [-0.39, 0.29) is 5.91 Å². The SMILES string of the molecule is CC1=C2C(=O)NC3(C)C=C(C(Nc4ncnc5[nH]cnc45)=C1)N23. The summed E-state index contributed by atoms with van der Waals surface area (Å²) in [6, 6.07) is 0. The van der Waals surface area contributed by atoms with Gasteiger partial charge in [0.2, 0.25) is 0 Å². The summed E-state index contributed by atoms with van der Waals surface area (Å²) >= 11 is 0. The molecule has 2 aromatic rings. The average Bonchev–Trinajstić information content (AvgIpc) is 3.05. The smallest absolute Gasteiger partial charge is 0.270 e. The summed E-state index contributed by atoms with van der Waals surface area (Å²) in [5.74, 6) is 0.593. The summed E-state index contributed by atoms with van der Waals surface area (Å²) in [7, 11) is 0. The maximum atomic E-state index is 12.1. The Bertz CT molecular complexity index is 983. The summed E-state index contributed by atoms with van der Waals surface area (Å²) in [5.41, 5.74) is 4.41. The number of H-pyrrole nitrogens is 1. The Morgan fingerprint density at radius 3 is 3.04 bits per heavy atom. The Balaban J connectivity index is 1.61. The molecule has 0 radical (unpaired) electrons. The van der Waals surface area contributed by atoms with E-state index in [2.05, 4.69) is 30.6 Å². The van der Waals surface area contributed by atoms with Gasteiger partial charge in [-0.25, -0.2) is 15.0 Å². The fourth-order valence-corrected chi connectivity index (χ4v) is 3.41. The number of carbonyl (C=O) groups excluding carboxylic acids is 1. The van der Waals surface area contributed by atoms with Crippen molar-refractivity contribution in [1.82, 2.24) is 30.2 Å². The predicted octanol–water partition coefficient (Wildman–Crippen LogP) is 0.982. The summed E-state index contributed by atoms with van der Waals surface area (Å²) in [6.45, 7) is 3.91. The zero-order valence-electron chi connectivity index (χ0n) is 12.5. The lowest BCUT2D eigenvalue weighted by Crippen LogP contribution is -2.55. The summed E-state index contributed by atoms with van der Waals surface area (Å²) in [5, 5.41) is 6.31. The number of hydrogen-bond donors (Lipinski definition) is 3. The highest BCUT2D eigenvalue weighted by molar-refractivity contribution is 6.00. The van der Waals surface area contributed by atoms with E-state index >= 15 is 0 Å². The number of anilines is 1. The molecule has 5 heterocycles. The van der Waals surface area contributed by atoms with Gasteiger partial charge in [-0.1, -0.05) is 0 Å². The van der Waals surface area contributed by atoms with Gasteiger partial charge in [0.15, 0.2) is 17.0 Å². The van der Waals surface area contributed by atoms with E-state index in [4.69, 9.17) is 0 Å². The number of nitrogens with one attached hydrogen (secondary N) is 3. The van der Waals surface area contributed by atoms with Gasteiger partial charge < -0.3 is 20.5 Å². The number of amides is 1. The van der Waals surface area contributed by atoms with E-state index in [0.29, 0.717) is 22.7 Å². The molecule has 1 unspecified atom stereocenters. The second-order valence-corrected chi connectivity index (χ2v) is 6.00. The third kappa shape index (κ3) is 1.44. The van der Waals surface area contributed by atoms with Crippen LogP contribution in [0.1, 0.15) is 13.8 Å². The standard InChI is InChI=1S/C15H13N7O/c1-7-3-8(9-4-15(2)21-14(23)11(7)22(9)15)20-13-10-12(17-5-16-10)18-6-19-13/h3-6H,1-2H3,(H,21,23)(H2,16,17,18,19,20). The zero-order chi connectivity index (χ0) is 15.8. The van der Waals surface area contributed by atoms with Crippen molar-refractivity contribution in [2.75, 3.05) is 5.32 Å². The molecule has 1 saturated heterocycles. The third-order valence-corrected chi connectivity index (χ3v) is 4.41. The molecule has 0 bridgehead atoms. The van der Waals surface area contributed by atoms with E-state index in [1.165, 1.54) is 6.33 Å². The van der Waals surface area contributed by atoms with Crippen molar-refractivity contribution in [3.05, 3.63) is 47.5 Å². The molecule has 3 aliphatic rings. The van der Waals surface area contributed by atoms with Crippen LogP contribution in [0.4, 0.5) is 5.82 Å². The van der Waals surface area contributed by atoms with Crippen molar-refractivity contribution in [2.45, 2.75) is 19.5 Å². The van der Waals surface area contributed by atoms with Crippen LogP contribution < -0.4 is 10.6 Å². The highest BCUT2D eigenvalue weighted by atomic mass is 16.2. The number of fused-ring (bicyclic) bond motifs is 1. The molecule has 8 nitrogen and oxygen atoms in total. The number of aromatic amines is 1. The van der Waals surface area contributed by atoms with Gasteiger partial charge in [-0.3, -0.25) is 4.79 Å². The molecule has 2 aromatic heterocycles. The topological polar surface area (TPSA) is 98.8 Å². The largest absolute Gasteiger partial charge is 0.337 e. The molecule has 114 valence electrons. The first kappa shape index (κ1) is 12.4. The van der Waals surface area contributed by atoms with Crippen LogP contribution in [-0.2, 0) is 4.79 Å². The molecule has 3 aliphatic heterocycles. The van der Waals surface area contributed by atoms with Crippen LogP contribution in [0.25, 0.3) is 11.2 Å². The van der Waals surface area contributed by atoms with E-state index in [9.17, 15) is 4.79 Å². The Morgan fingerprint density at radius 1 is 1.30 bits per heavy atom. The number of allylic oxidation sites excluding steroid dienone is 2. The van der Waals surface area contributed by atoms with Crippen LogP contribution >= 0.6 is 0 Å². The van der Waals surface area contributed by atoms with Gasteiger partial charge in [-0.05, 0) is 31.6 Å². The second-order valence-electron chi connectivity index (χ2n) is 6.00. The van der Waals surface area contributed by atoms with Crippen molar-refractivity contribution in [2.24, 2.45) is 0 Å². The molecule has 5 rings (SSSR count). The Morgan fingerprint density at radius 2 is 2.17 bits per heavy atom. The van der Waals surface area contributed by atoms with Crippen LogP contribution in [0.2, 0.25) is 0 Å². The van der Waals surface area contributed by atoms with Gasteiger partial charge in [0.25, 0.3) is 5.91 Å². The summed E-state index contributed by atoms with van der Waals surface area (Å²) < 4.78 is 0. The maximum Gasteiger partial charge on any atom is 0.270 e. The van der Waals surface area contributed by atoms with E-state index in [1.807, 2.05) is 30.9 Å². The van der Waals surface area contributed by atoms with Gasteiger partial charge in [0, 0.05) is 0 Å². The Labute approximate surface area is 131 Å². The average molecular weight is 307 g/mol. The minimum Gasteiger partial charge on any atom is -0.337 e. The molecule has 0 aromatic carbocycles. The first-order valence-corrected chi connectivity index (χ1v) is 7.26. The van der Waals surface area contributed by atoms with Crippen molar-refractivity contribution in [3.8, 4) is 0 Å². The van der Waals surface area contributed by atoms with Gasteiger partial charge in [0.1, 0.15) is 17.7 Å². The zero-order valence-corrected chi connectivity index (χ0v) is 12.5. The Hall–Kier alpha value is -3.16. The minimum absolute atomic E-state index is 0.0386. The van der Waals surface area contributed by atoms with Crippen LogP contribution in [0.15, 0.2) is 47.5 Å². The fraction of sp³-hybridized carbons (Fsp3) is 0.200. The monoisotopic (exact) mass is 307 g/mol. The van der Waals surface area contributed by atoms with E-state index in [1.54, 1.807) is 6.33 Å². The fourth-order valence-electron chi connectivity index (χ4n) is 3.41. The van der Waals surface area contributed by atoms with Crippen molar-refractivity contribution >= 4 is 22.9 Å². The first-order chi connectivity index (χ1) is 11.1. The molecule has 1 fully saturated rings. The molecule has 23 heavy (non-hydrogen) atoms. The van der Waals surface area contributed by atoms with Gasteiger partial charge in [-0.15, -0.1) is 0 Å². The second kappa shape index (κ2) is 3.78. The van der Waals surface area contributed by atoms with E-state index in [0.717, 1.165) is 17.0 Å². The number of carbonyl (C=O) groups is 1. The third-order valence-electron chi connectivity index (χ3n) is 4.41. The van der Waals surface area contributed by atoms with Gasteiger partial charge in [-0.2, -0.15) is 0 Å². The lowest BCUT2D eigenvalue weighted by Gasteiger charge is -2.46. The number of aromatic nitrogens is 4. The number of imidazole rings is 1. The molecule has 8 heteroatoms. The number of hydrogen-bond acceptors (Lipinski definition) is 6. The number of nitrogens with zero attached hydrogens (tertiary/aromatic N) is 4. The van der Waals surface area contributed by atoms with E-state index < -0.39 is 5.66 Å². The lowest BCUT2D eigenvalue weighted by atomic mass is 9.93. The highest BCUT2D eigenvalue weighted by Crippen LogP contribution is 2.47. The molecule has 1 atom stereocenters. The van der Waals surface area contributed by atoms with Gasteiger partial charge in [0.05, 0.1) is 17.7 Å². The molecular weight excluding hydrogens is 294 g/mol. The molecule has 3 N–H and O–H groups in total. The van der Waals surface area contributed by atoms with Crippen molar-refractivity contribution in [3.63, 3.8) is 0 Å². The summed E-state index contributed by atoms with van der Waals surface area (Å²) in [4.78, 5) is 29.8. The van der Waals surface area contributed by atoms with Crippen molar-refractivity contribution < 1.29 is 4.79 Å². The first-order valence-electron chi connectivity index (χ1n) is 7.26. The van der Waals surface area contributed by atoms with Crippen LogP contribution in [0.3, 0.4) is 0 Å². The normalized spacial score (nSPS) is 25.0. The molecule has 0 saturated carbocycles. The predicted molar refractivity (Wildman–Crippen MR) is 82.6 cm³/mol. The van der Waals surface area contributed by atoms with Crippen LogP contribution in [0, 0.1) is 0 Å².